The van der Waals surface area contributed by atoms with Crippen molar-refractivity contribution in [2.75, 3.05) is 0 Å². The summed E-state index contributed by atoms with van der Waals surface area (Å²) in [4.78, 5) is 0. The number of para-hydroxylation sites is 2. The Kier molecular flexibility index (Phi) is 2.07. The zero-order chi connectivity index (χ0) is 10.8. The van der Waals surface area contributed by atoms with E-state index in [0.717, 1.165) is 16.7 Å². The maximum atomic E-state index is 5.69. The van der Waals surface area contributed by atoms with Crippen molar-refractivity contribution in [3.8, 4) is 11.6 Å². The molecule has 0 radical (unpaired) electrons. The minimum Gasteiger partial charge on any atom is -0.437 e. The highest BCUT2D eigenvalue weighted by Crippen LogP contribution is 2.26. The first-order valence-electron chi connectivity index (χ1n) is 5.09. The highest BCUT2D eigenvalue weighted by atomic mass is 16.5. The summed E-state index contributed by atoms with van der Waals surface area (Å²) in [7, 11) is 0. The standard InChI is InChI=1S/C13H10N2O/c1-2-6-10(7-3-1)16-13-11-8-4-5-9-12(11)14-15-13/h1-9H,(H,14,15). The van der Waals surface area contributed by atoms with E-state index in [1.165, 1.54) is 0 Å². The molecule has 3 heteroatoms. The van der Waals surface area contributed by atoms with Crippen LogP contribution in [0.1, 0.15) is 0 Å². The van der Waals surface area contributed by atoms with Gasteiger partial charge in [0.05, 0.1) is 10.9 Å². The van der Waals surface area contributed by atoms with Crippen LogP contribution in [0.4, 0.5) is 0 Å². The first-order chi connectivity index (χ1) is 7.93. The van der Waals surface area contributed by atoms with Gasteiger partial charge in [0.15, 0.2) is 0 Å². The molecule has 0 aliphatic rings. The van der Waals surface area contributed by atoms with Crippen molar-refractivity contribution < 1.29 is 4.74 Å². The van der Waals surface area contributed by atoms with Gasteiger partial charge in [0.1, 0.15) is 5.75 Å². The lowest BCUT2D eigenvalue weighted by atomic mass is 10.2. The maximum Gasteiger partial charge on any atom is 0.245 e. The average Bonchev–Trinajstić information content (AvgIpc) is 2.74. The van der Waals surface area contributed by atoms with E-state index in [1.807, 2.05) is 54.6 Å². The zero-order valence-electron chi connectivity index (χ0n) is 8.55. The van der Waals surface area contributed by atoms with Crippen LogP contribution in [0.3, 0.4) is 0 Å². The molecule has 3 aromatic rings. The van der Waals surface area contributed by atoms with Gasteiger partial charge < -0.3 is 4.74 Å². The summed E-state index contributed by atoms with van der Waals surface area (Å²) in [6.45, 7) is 0. The van der Waals surface area contributed by atoms with Crippen molar-refractivity contribution in [2.24, 2.45) is 0 Å². The van der Waals surface area contributed by atoms with Gasteiger partial charge in [-0.25, -0.2) is 0 Å². The predicted octanol–water partition coefficient (Wildman–Crippen LogP) is 3.36. The smallest absolute Gasteiger partial charge is 0.245 e. The number of aromatic amines is 1. The highest BCUT2D eigenvalue weighted by Gasteiger charge is 2.05. The first-order valence-corrected chi connectivity index (χ1v) is 5.09. The average molecular weight is 210 g/mol. The van der Waals surface area contributed by atoms with Crippen LogP contribution in [-0.2, 0) is 0 Å². The summed E-state index contributed by atoms with van der Waals surface area (Å²) in [5.74, 6) is 1.40. The summed E-state index contributed by atoms with van der Waals surface area (Å²) in [6, 6.07) is 17.5. The number of fused-ring (bicyclic) bond motifs is 1. The molecular weight excluding hydrogens is 200 g/mol. The van der Waals surface area contributed by atoms with Crippen LogP contribution in [-0.4, -0.2) is 10.2 Å². The van der Waals surface area contributed by atoms with Crippen molar-refractivity contribution in [1.82, 2.24) is 10.2 Å². The fourth-order valence-corrected chi connectivity index (χ4v) is 1.62. The quantitative estimate of drug-likeness (QED) is 0.704. The normalized spacial score (nSPS) is 10.5. The Bertz CT molecular complexity index is 601. The van der Waals surface area contributed by atoms with Crippen molar-refractivity contribution in [3.05, 3.63) is 54.6 Å². The molecule has 0 unspecified atom stereocenters. The fourth-order valence-electron chi connectivity index (χ4n) is 1.62. The number of H-pyrrole nitrogens is 1. The summed E-state index contributed by atoms with van der Waals surface area (Å²) >= 11 is 0. The largest absolute Gasteiger partial charge is 0.437 e. The second kappa shape index (κ2) is 3.70. The SMILES string of the molecule is c1ccc(Oc2n[nH]c3ccccc23)cc1. The van der Waals surface area contributed by atoms with Gasteiger partial charge in [0.2, 0.25) is 5.88 Å². The number of ether oxygens (including phenoxy) is 1. The van der Waals surface area contributed by atoms with Crippen LogP contribution in [0.2, 0.25) is 0 Å². The lowest BCUT2D eigenvalue weighted by molar-refractivity contribution is 0.466. The molecule has 0 spiro atoms. The fraction of sp³-hybridized carbons (Fsp3) is 0. The number of rotatable bonds is 2. The molecule has 0 saturated heterocycles. The third-order valence-electron chi connectivity index (χ3n) is 2.39. The Morgan fingerprint density at radius 1 is 0.875 bits per heavy atom. The van der Waals surface area contributed by atoms with E-state index in [-0.39, 0.29) is 0 Å². The van der Waals surface area contributed by atoms with Gasteiger partial charge in [0, 0.05) is 0 Å². The number of hydrogen-bond acceptors (Lipinski definition) is 2. The zero-order valence-corrected chi connectivity index (χ0v) is 8.55. The number of benzene rings is 2. The molecule has 1 aromatic heterocycles. The van der Waals surface area contributed by atoms with E-state index in [1.54, 1.807) is 0 Å². The molecule has 0 aliphatic carbocycles. The summed E-state index contributed by atoms with van der Waals surface area (Å²) in [6.07, 6.45) is 0. The lowest BCUT2D eigenvalue weighted by Crippen LogP contribution is -1.83. The van der Waals surface area contributed by atoms with Crippen LogP contribution < -0.4 is 4.74 Å². The third-order valence-corrected chi connectivity index (χ3v) is 2.39. The molecule has 0 atom stereocenters. The van der Waals surface area contributed by atoms with Gasteiger partial charge in [-0.1, -0.05) is 30.3 Å². The van der Waals surface area contributed by atoms with Crippen LogP contribution in [0.25, 0.3) is 10.9 Å². The van der Waals surface area contributed by atoms with Crippen molar-refractivity contribution in [2.45, 2.75) is 0 Å². The molecule has 78 valence electrons. The van der Waals surface area contributed by atoms with Gasteiger partial charge in [-0.05, 0) is 24.3 Å². The molecule has 16 heavy (non-hydrogen) atoms. The van der Waals surface area contributed by atoms with E-state index in [2.05, 4.69) is 10.2 Å². The number of nitrogens with one attached hydrogen (secondary N) is 1. The summed E-state index contributed by atoms with van der Waals surface area (Å²) in [5.41, 5.74) is 0.980. The molecule has 0 saturated carbocycles. The first kappa shape index (κ1) is 8.97. The Morgan fingerprint density at radius 2 is 1.62 bits per heavy atom. The topological polar surface area (TPSA) is 37.9 Å². The van der Waals surface area contributed by atoms with Crippen molar-refractivity contribution >= 4 is 10.9 Å². The summed E-state index contributed by atoms with van der Waals surface area (Å²) < 4.78 is 5.69. The van der Waals surface area contributed by atoms with Crippen LogP contribution in [0.15, 0.2) is 54.6 Å². The third kappa shape index (κ3) is 1.52. The molecule has 0 fully saturated rings. The Hall–Kier alpha value is -2.29. The molecule has 2 aromatic carbocycles. The van der Waals surface area contributed by atoms with Gasteiger partial charge >= 0.3 is 0 Å². The minimum absolute atomic E-state index is 0.613. The number of nitrogens with zero attached hydrogens (tertiary/aromatic N) is 1. The predicted molar refractivity (Wildman–Crippen MR) is 62.6 cm³/mol. The van der Waals surface area contributed by atoms with E-state index in [0.29, 0.717) is 5.88 Å². The van der Waals surface area contributed by atoms with Gasteiger partial charge in [-0.2, -0.15) is 0 Å². The van der Waals surface area contributed by atoms with Gasteiger partial charge in [0.25, 0.3) is 0 Å². The number of aromatic nitrogens is 2. The van der Waals surface area contributed by atoms with Gasteiger partial charge in [-0.3, -0.25) is 5.10 Å². The van der Waals surface area contributed by atoms with Crippen LogP contribution in [0, 0.1) is 0 Å². The molecule has 3 rings (SSSR count). The Labute approximate surface area is 92.7 Å². The lowest BCUT2D eigenvalue weighted by Gasteiger charge is -2.01. The Balaban J connectivity index is 2.01. The molecule has 0 aliphatic heterocycles. The molecule has 1 N–H and O–H groups in total. The van der Waals surface area contributed by atoms with E-state index in [4.69, 9.17) is 4.74 Å². The van der Waals surface area contributed by atoms with E-state index < -0.39 is 0 Å². The van der Waals surface area contributed by atoms with Gasteiger partial charge in [-0.15, -0.1) is 5.10 Å². The van der Waals surface area contributed by atoms with Crippen molar-refractivity contribution in [1.29, 1.82) is 0 Å². The second-order valence-electron chi connectivity index (χ2n) is 3.49. The van der Waals surface area contributed by atoms with Crippen LogP contribution in [0.5, 0.6) is 11.6 Å². The maximum absolute atomic E-state index is 5.69. The monoisotopic (exact) mass is 210 g/mol. The van der Waals surface area contributed by atoms with E-state index >= 15 is 0 Å². The highest BCUT2D eigenvalue weighted by molar-refractivity contribution is 5.83. The van der Waals surface area contributed by atoms with Crippen LogP contribution >= 0.6 is 0 Å². The van der Waals surface area contributed by atoms with E-state index in [9.17, 15) is 0 Å². The molecule has 1 heterocycles. The minimum atomic E-state index is 0.613. The molecular formula is C13H10N2O. The summed E-state index contributed by atoms with van der Waals surface area (Å²) in [5, 5.41) is 8.07. The second-order valence-corrected chi connectivity index (χ2v) is 3.49. The Morgan fingerprint density at radius 3 is 2.50 bits per heavy atom. The molecule has 0 amide bonds. The van der Waals surface area contributed by atoms with Crippen molar-refractivity contribution in [3.63, 3.8) is 0 Å². The number of hydrogen-bond donors (Lipinski definition) is 1. The molecule has 3 nitrogen and oxygen atoms in total. The molecule has 0 bridgehead atoms.